The zero-order valence-electron chi connectivity index (χ0n) is 9.42. The highest BCUT2D eigenvalue weighted by molar-refractivity contribution is 5.07. The molecule has 1 saturated carbocycles. The van der Waals surface area contributed by atoms with Gasteiger partial charge in [-0.15, -0.1) is 0 Å². The molecule has 0 aromatic carbocycles. The number of ether oxygens (including phenoxy) is 1. The molecule has 2 aliphatic rings. The van der Waals surface area contributed by atoms with Gasteiger partial charge in [-0.25, -0.2) is 4.79 Å². The van der Waals surface area contributed by atoms with E-state index in [2.05, 4.69) is 4.98 Å². The highest BCUT2D eigenvalue weighted by Gasteiger charge is 2.59. The zero-order valence-corrected chi connectivity index (χ0v) is 9.42. The number of aryl methyl sites for hydroxylation is 1. The van der Waals surface area contributed by atoms with E-state index in [1.54, 1.807) is 6.92 Å². The van der Waals surface area contributed by atoms with Crippen molar-refractivity contribution < 1.29 is 9.84 Å². The van der Waals surface area contributed by atoms with Gasteiger partial charge in [0.05, 0.1) is 6.61 Å². The van der Waals surface area contributed by atoms with Crippen LogP contribution in [0.15, 0.2) is 15.8 Å². The Morgan fingerprint density at radius 1 is 1.59 bits per heavy atom. The molecule has 4 atom stereocenters. The quantitative estimate of drug-likeness (QED) is 0.708. The fraction of sp³-hybridized carbons (Fsp3) is 0.636. The lowest BCUT2D eigenvalue weighted by Crippen LogP contribution is -2.34. The summed E-state index contributed by atoms with van der Waals surface area (Å²) >= 11 is 0. The standard InChI is InChI=1S/C11H14N2O4/c1-5-2-13(11(16)12-9(5)15)10-8-6(3-14)7(8)4-17-10/h2,6-8,10,14H,3-4H2,1H3,(H,12,15,16)/t6-,7+,8-,10+/m1/s1. The molecule has 6 nitrogen and oxygen atoms in total. The molecule has 6 heteroatoms. The minimum absolute atomic E-state index is 0.131. The number of aromatic nitrogens is 2. The van der Waals surface area contributed by atoms with Gasteiger partial charge in [-0.3, -0.25) is 14.3 Å². The molecule has 1 aliphatic heterocycles. The molecule has 2 heterocycles. The smallest absolute Gasteiger partial charge is 0.330 e. The minimum Gasteiger partial charge on any atom is -0.396 e. The van der Waals surface area contributed by atoms with Gasteiger partial charge >= 0.3 is 5.69 Å². The highest BCUT2D eigenvalue weighted by Crippen LogP contribution is 2.57. The predicted octanol–water partition coefficient (Wildman–Crippen LogP) is -0.772. The number of fused-ring (bicyclic) bond motifs is 1. The Hall–Kier alpha value is -1.40. The number of aliphatic hydroxyl groups excluding tert-OH is 1. The van der Waals surface area contributed by atoms with E-state index in [0.29, 0.717) is 18.1 Å². The van der Waals surface area contributed by atoms with E-state index in [-0.39, 0.29) is 30.2 Å². The topological polar surface area (TPSA) is 84.3 Å². The van der Waals surface area contributed by atoms with E-state index in [1.165, 1.54) is 10.8 Å². The van der Waals surface area contributed by atoms with Crippen LogP contribution < -0.4 is 11.2 Å². The summed E-state index contributed by atoms with van der Waals surface area (Å²) in [6.45, 7) is 2.36. The Labute approximate surface area is 96.9 Å². The van der Waals surface area contributed by atoms with Crippen LogP contribution in [0.2, 0.25) is 0 Å². The summed E-state index contributed by atoms with van der Waals surface area (Å²) in [4.78, 5) is 25.2. The molecule has 1 saturated heterocycles. The molecule has 0 radical (unpaired) electrons. The largest absolute Gasteiger partial charge is 0.396 e. The van der Waals surface area contributed by atoms with Gasteiger partial charge in [0.25, 0.3) is 5.56 Å². The second kappa shape index (κ2) is 3.54. The Bertz CT molecular complexity index is 557. The van der Waals surface area contributed by atoms with Gasteiger partial charge in [0.2, 0.25) is 0 Å². The van der Waals surface area contributed by atoms with Gasteiger partial charge < -0.3 is 9.84 Å². The highest BCUT2D eigenvalue weighted by atomic mass is 16.5. The molecule has 1 aromatic heterocycles. The normalized spacial score (nSPS) is 34.7. The van der Waals surface area contributed by atoms with Crippen LogP contribution in [0, 0.1) is 24.7 Å². The third kappa shape index (κ3) is 1.48. The van der Waals surface area contributed by atoms with Crippen LogP contribution >= 0.6 is 0 Å². The third-order valence-corrected chi connectivity index (χ3v) is 3.82. The number of hydrogen-bond acceptors (Lipinski definition) is 4. The Kier molecular flexibility index (Phi) is 2.24. The molecule has 3 rings (SSSR count). The first-order chi connectivity index (χ1) is 8.13. The first-order valence-electron chi connectivity index (χ1n) is 5.68. The summed E-state index contributed by atoms with van der Waals surface area (Å²) in [6.07, 6.45) is 1.18. The molecule has 92 valence electrons. The van der Waals surface area contributed by atoms with E-state index in [1.807, 2.05) is 0 Å². The number of nitrogens with one attached hydrogen (secondary N) is 1. The summed E-state index contributed by atoms with van der Waals surface area (Å²) in [6, 6.07) is 0. The average Bonchev–Trinajstić information content (AvgIpc) is 2.84. The number of aromatic amines is 1. The zero-order chi connectivity index (χ0) is 12.2. The van der Waals surface area contributed by atoms with Crippen molar-refractivity contribution in [3.63, 3.8) is 0 Å². The van der Waals surface area contributed by atoms with Crippen molar-refractivity contribution in [2.75, 3.05) is 13.2 Å². The lowest BCUT2D eigenvalue weighted by Gasteiger charge is -2.17. The molecule has 2 N–H and O–H groups in total. The average molecular weight is 238 g/mol. The summed E-state index contributed by atoms with van der Waals surface area (Å²) < 4.78 is 6.97. The number of H-pyrrole nitrogens is 1. The third-order valence-electron chi connectivity index (χ3n) is 3.82. The van der Waals surface area contributed by atoms with Gasteiger partial charge in [0.15, 0.2) is 0 Å². The Balaban J connectivity index is 1.98. The van der Waals surface area contributed by atoms with Crippen LogP contribution in [-0.4, -0.2) is 27.9 Å². The Morgan fingerprint density at radius 2 is 2.35 bits per heavy atom. The molecular weight excluding hydrogens is 224 g/mol. The minimum atomic E-state index is -0.449. The van der Waals surface area contributed by atoms with Crippen LogP contribution in [0.5, 0.6) is 0 Å². The molecule has 0 unspecified atom stereocenters. The maximum absolute atomic E-state index is 11.7. The van der Waals surface area contributed by atoms with Crippen LogP contribution in [0.4, 0.5) is 0 Å². The molecule has 1 aromatic rings. The molecule has 0 amide bonds. The summed E-state index contributed by atoms with van der Waals surface area (Å²) in [5.41, 5.74) is -0.331. The lowest BCUT2D eigenvalue weighted by molar-refractivity contribution is 0.00635. The van der Waals surface area contributed by atoms with Crippen molar-refractivity contribution in [1.82, 2.24) is 9.55 Å². The molecule has 17 heavy (non-hydrogen) atoms. The molecular formula is C11H14N2O4. The van der Waals surface area contributed by atoms with E-state index in [4.69, 9.17) is 9.84 Å². The van der Waals surface area contributed by atoms with Crippen LogP contribution in [0.1, 0.15) is 11.8 Å². The first-order valence-corrected chi connectivity index (χ1v) is 5.68. The van der Waals surface area contributed by atoms with E-state index in [9.17, 15) is 9.59 Å². The van der Waals surface area contributed by atoms with Gasteiger partial charge in [0.1, 0.15) is 6.23 Å². The maximum Gasteiger partial charge on any atom is 0.330 e. The molecule has 2 fully saturated rings. The molecule has 1 aliphatic carbocycles. The fourth-order valence-electron chi connectivity index (χ4n) is 2.75. The van der Waals surface area contributed by atoms with Crippen molar-refractivity contribution >= 4 is 0 Å². The maximum atomic E-state index is 11.7. The monoisotopic (exact) mass is 238 g/mol. The van der Waals surface area contributed by atoms with Crippen LogP contribution in [0.3, 0.4) is 0 Å². The van der Waals surface area contributed by atoms with E-state index >= 15 is 0 Å². The summed E-state index contributed by atoms with van der Waals surface area (Å²) in [5, 5.41) is 9.14. The van der Waals surface area contributed by atoms with Crippen molar-refractivity contribution in [3.05, 3.63) is 32.6 Å². The van der Waals surface area contributed by atoms with Crippen LogP contribution in [-0.2, 0) is 4.74 Å². The number of hydrogen-bond donors (Lipinski definition) is 2. The molecule has 0 bridgehead atoms. The second-order valence-electron chi connectivity index (χ2n) is 4.79. The van der Waals surface area contributed by atoms with Gasteiger partial charge in [-0.05, 0) is 18.8 Å². The summed E-state index contributed by atoms with van der Waals surface area (Å²) in [5.74, 6) is 0.778. The van der Waals surface area contributed by atoms with Crippen molar-refractivity contribution in [3.8, 4) is 0 Å². The van der Waals surface area contributed by atoms with Gasteiger partial charge in [0, 0.05) is 24.3 Å². The van der Waals surface area contributed by atoms with E-state index in [0.717, 1.165) is 0 Å². The Morgan fingerprint density at radius 3 is 3.00 bits per heavy atom. The molecule has 0 spiro atoms. The second-order valence-corrected chi connectivity index (χ2v) is 4.79. The van der Waals surface area contributed by atoms with Crippen molar-refractivity contribution in [2.45, 2.75) is 13.2 Å². The summed E-state index contributed by atoms with van der Waals surface area (Å²) in [7, 11) is 0. The lowest BCUT2D eigenvalue weighted by atomic mass is 10.3. The number of aliphatic hydroxyl groups is 1. The van der Waals surface area contributed by atoms with Crippen LogP contribution in [0.25, 0.3) is 0 Å². The first kappa shape index (κ1) is 10.7. The van der Waals surface area contributed by atoms with Crippen molar-refractivity contribution in [2.24, 2.45) is 17.8 Å². The van der Waals surface area contributed by atoms with Gasteiger partial charge in [-0.1, -0.05) is 0 Å². The predicted molar refractivity (Wildman–Crippen MR) is 58.6 cm³/mol. The number of nitrogens with zero attached hydrogens (tertiary/aromatic N) is 1. The number of rotatable bonds is 2. The fourth-order valence-corrected chi connectivity index (χ4v) is 2.75. The van der Waals surface area contributed by atoms with Crippen molar-refractivity contribution in [1.29, 1.82) is 0 Å². The SMILES string of the molecule is Cc1cn([C@H]2OC[C@H]3[C@@H](CO)[C@H]32)c(=O)[nH]c1=O. The van der Waals surface area contributed by atoms with E-state index < -0.39 is 5.69 Å². The van der Waals surface area contributed by atoms with Gasteiger partial charge in [-0.2, -0.15) is 0 Å².